The largest absolute Gasteiger partial charge is 0.378 e. The second-order valence-corrected chi connectivity index (χ2v) is 7.48. The van der Waals surface area contributed by atoms with Gasteiger partial charge in [0.05, 0.1) is 0 Å². The molecule has 0 fully saturated rings. The van der Waals surface area contributed by atoms with E-state index < -0.39 is 0 Å². The van der Waals surface area contributed by atoms with Crippen molar-refractivity contribution >= 4 is 5.69 Å². The molecule has 1 nitrogen and oxygen atoms in total. The summed E-state index contributed by atoms with van der Waals surface area (Å²) in [5, 5.41) is 3.65. The summed E-state index contributed by atoms with van der Waals surface area (Å²) in [6, 6.07) is 35.0. The molecule has 0 aromatic heterocycles. The Kier molecular flexibility index (Phi) is 4.21. The van der Waals surface area contributed by atoms with Crippen molar-refractivity contribution in [2.75, 3.05) is 5.32 Å². The van der Waals surface area contributed by atoms with Gasteiger partial charge in [-0.2, -0.15) is 0 Å². The molecule has 0 bridgehead atoms. The van der Waals surface area contributed by atoms with Gasteiger partial charge in [-0.1, -0.05) is 84.9 Å². The maximum atomic E-state index is 3.65. The fourth-order valence-corrected chi connectivity index (χ4v) is 4.39. The first kappa shape index (κ1) is 16.8. The van der Waals surface area contributed by atoms with E-state index in [2.05, 4.69) is 109 Å². The van der Waals surface area contributed by atoms with Crippen molar-refractivity contribution in [3.63, 3.8) is 0 Å². The quantitative estimate of drug-likeness (QED) is 0.360. The van der Waals surface area contributed by atoms with Crippen LogP contribution in [-0.2, 0) is 6.42 Å². The highest BCUT2D eigenvalue weighted by atomic mass is 14.9. The molecule has 1 atom stereocenters. The summed E-state index contributed by atoms with van der Waals surface area (Å²) >= 11 is 0. The Hall–Kier alpha value is -3.32. The molecule has 0 aliphatic heterocycles. The van der Waals surface area contributed by atoms with Crippen LogP contribution in [0.4, 0.5) is 5.69 Å². The van der Waals surface area contributed by atoms with Crippen molar-refractivity contribution in [3.8, 4) is 22.3 Å². The van der Waals surface area contributed by atoms with E-state index in [9.17, 15) is 0 Å². The summed E-state index contributed by atoms with van der Waals surface area (Å²) in [5.41, 5.74) is 10.8. The van der Waals surface area contributed by atoms with Crippen molar-refractivity contribution in [3.05, 3.63) is 114 Å². The highest BCUT2D eigenvalue weighted by Crippen LogP contribution is 2.43. The lowest BCUT2D eigenvalue weighted by molar-refractivity contribution is 0.887. The summed E-state index contributed by atoms with van der Waals surface area (Å²) in [6.07, 6.45) is 1.01. The van der Waals surface area contributed by atoms with Crippen molar-refractivity contribution in [2.24, 2.45) is 0 Å². The van der Waals surface area contributed by atoms with Gasteiger partial charge in [0.25, 0.3) is 0 Å². The zero-order chi connectivity index (χ0) is 18.9. The van der Waals surface area contributed by atoms with Gasteiger partial charge in [0.15, 0.2) is 0 Å². The Morgan fingerprint density at radius 3 is 2.04 bits per heavy atom. The molecule has 0 saturated heterocycles. The van der Waals surface area contributed by atoms with Crippen LogP contribution in [-0.4, -0.2) is 0 Å². The Morgan fingerprint density at radius 2 is 1.21 bits per heavy atom. The number of fused-ring (bicyclic) bond motifs is 3. The van der Waals surface area contributed by atoms with Crippen LogP contribution in [0, 0.1) is 0 Å². The third kappa shape index (κ3) is 2.90. The zero-order valence-corrected chi connectivity index (χ0v) is 16.0. The average molecular weight is 361 g/mol. The van der Waals surface area contributed by atoms with E-state index in [1.165, 1.54) is 38.9 Å². The number of nitrogens with one attached hydrogen (secondary N) is 1. The Balaban J connectivity index is 1.57. The Labute approximate surface area is 166 Å². The predicted molar refractivity (Wildman–Crippen MR) is 119 cm³/mol. The number of benzene rings is 4. The van der Waals surface area contributed by atoms with Gasteiger partial charge in [-0.05, 0) is 64.4 Å². The zero-order valence-electron chi connectivity index (χ0n) is 16.0. The van der Waals surface area contributed by atoms with Crippen molar-refractivity contribution < 1.29 is 0 Å². The minimum Gasteiger partial charge on any atom is -0.378 e. The summed E-state index contributed by atoms with van der Waals surface area (Å²) in [4.78, 5) is 0. The van der Waals surface area contributed by atoms with E-state index in [4.69, 9.17) is 0 Å². The molecule has 5 rings (SSSR count). The molecule has 1 N–H and O–H groups in total. The maximum Gasteiger partial charge on any atom is 0.0491 e. The lowest BCUT2D eigenvalue weighted by Crippen LogP contribution is -2.08. The number of anilines is 1. The Bertz CT molecular complexity index is 1130. The number of rotatable bonds is 4. The van der Waals surface area contributed by atoms with Crippen LogP contribution in [0.25, 0.3) is 22.3 Å². The van der Waals surface area contributed by atoms with Gasteiger partial charge in [-0.3, -0.25) is 0 Å². The van der Waals surface area contributed by atoms with E-state index in [1.54, 1.807) is 0 Å². The van der Waals surface area contributed by atoms with Gasteiger partial charge in [0.2, 0.25) is 0 Å². The third-order valence-electron chi connectivity index (χ3n) is 5.73. The van der Waals surface area contributed by atoms with Crippen LogP contribution < -0.4 is 5.32 Å². The molecule has 0 saturated carbocycles. The molecule has 1 heteroatoms. The fraction of sp³-hybridized carbons (Fsp3) is 0.111. The topological polar surface area (TPSA) is 12.0 Å². The molecule has 0 heterocycles. The van der Waals surface area contributed by atoms with E-state index in [0.29, 0.717) is 0 Å². The van der Waals surface area contributed by atoms with Gasteiger partial charge in [-0.15, -0.1) is 0 Å². The summed E-state index contributed by atoms with van der Waals surface area (Å²) < 4.78 is 0. The van der Waals surface area contributed by atoms with Crippen LogP contribution in [0.15, 0.2) is 97.1 Å². The monoisotopic (exact) mass is 361 g/mol. The first-order valence-electron chi connectivity index (χ1n) is 9.92. The lowest BCUT2D eigenvalue weighted by Gasteiger charge is -2.20. The third-order valence-corrected chi connectivity index (χ3v) is 5.73. The molecule has 0 amide bonds. The standard InChI is InChI=1S/C27H23N/c1-19(28-21-11-3-2-4-12-21)22-13-7-8-15-24(22)26-17-9-16-25-23-14-6-5-10-20(23)18-27(25)26/h2-17,19,28H,18H2,1H3. The molecule has 0 radical (unpaired) electrons. The van der Waals surface area contributed by atoms with Gasteiger partial charge >= 0.3 is 0 Å². The van der Waals surface area contributed by atoms with E-state index >= 15 is 0 Å². The van der Waals surface area contributed by atoms with Gasteiger partial charge in [0.1, 0.15) is 0 Å². The van der Waals surface area contributed by atoms with Crippen LogP contribution >= 0.6 is 0 Å². The van der Waals surface area contributed by atoms with Gasteiger partial charge in [-0.25, -0.2) is 0 Å². The summed E-state index contributed by atoms with van der Waals surface area (Å²) in [6.45, 7) is 2.24. The van der Waals surface area contributed by atoms with E-state index in [1.807, 2.05) is 0 Å². The van der Waals surface area contributed by atoms with Gasteiger partial charge < -0.3 is 5.32 Å². The molecular formula is C27H23N. The summed E-state index contributed by atoms with van der Waals surface area (Å²) in [7, 11) is 0. The van der Waals surface area contributed by atoms with Crippen molar-refractivity contribution in [1.29, 1.82) is 0 Å². The summed E-state index contributed by atoms with van der Waals surface area (Å²) in [5.74, 6) is 0. The van der Waals surface area contributed by atoms with Crippen molar-refractivity contribution in [2.45, 2.75) is 19.4 Å². The molecular weight excluding hydrogens is 338 g/mol. The van der Waals surface area contributed by atoms with Crippen LogP contribution in [0.5, 0.6) is 0 Å². The second kappa shape index (κ2) is 7.01. The fourth-order valence-electron chi connectivity index (χ4n) is 4.39. The van der Waals surface area contributed by atoms with E-state index in [0.717, 1.165) is 12.1 Å². The molecule has 1 aliphatic rings. The van der Waals surface area contributed by atoms with Crippen LogP contribution in [0.2, 0.25) is 0 Å². The molecule has 28 heavy (non-hydrogen) atoms. The maximum absolute atomic E-state index is 3.65. The minimum atomic E-state index is 0.221. The molecule has 4 aromatic carbocycles. The molecule has 1 aliphatic carbocycles. The van der Waals surface area contributed by atoms with Crippen LogP contribution in [0.1, 0.15) is 29.7 Å². The molecule has 0 spiro atoms. The average Bonchev–Trinajstić information content (AvgIpc) is 3.13. The molecule has 136 valence electrons. The second-order valence-electron chi connectivity index (χ2n) is 7.48. The first-order valence-corrected chi connectivity index (χ1v) is 9.92. The Morgan fingerprint density at radius 1 is 0.607 bits per heavy atom. The SMILES string of the molecule is CC(Nc1ccccc1)c1ccccc1-c1cccc2c1Cc1ccccc1-2. The number of hydrogen-bond acceptors (Lipinski definition) is 1. The predicted octanol–water partition coefficient (Wildman–Crippen LogP) is 7.10. The van der Waals surface area contributed by atoms with E-state index in [-0.39, 0.29) is 6.04 Å². The molecule has 1 unspecified atom stereocenters. The van der Waals surface area contributed by atoms with Gasteiger partial charge in [0, 0.05) is 11.7 Å². The number of hydrogen-bond donors (Lipinski definition) is 1. The minimum absolute atomic E-state index is 0.221. The van der Waals surface area contributed by atoms with Crippen molar-refractivity contribution in [1.82, 2.24) is 0 Å². The highest BCUT2D eigenvalue weighted by molar-refractivity contribution is 5.85. The number of para-hydroxylation sites is 1. The molecule has 4 aromatic rings. The van der Waals surface area contributed by atoms with Crippen LogP contribution in [0.3, 0.4) is 0 Å². The smallest absolute Gasteiger partial charge is 0.0491 e. The normalized spacial score (nSPS) is 12.9. The lowest BCUT2D eigenvalue weighted by atomic mass is 9.90. The first-order chi connectivity index (χ1) is 13.8. The highest BCUT2D eigenvalue weighted by Gasteiger charge is 2.22.